The van der Waals surface area contributed by atoms with Crippen LogP contribution in [-0.2, 0) is 66.5 Å². The molecular weight excluding hydrogens is 1060 g/mol. The van der Waals surface area contributed by atoms with E-state index in [4.69, 9.17) is 53.1 Å². The number of hydrogen-bond donors (Lipinski definition) is 20. The Kier molecular flexibility index (Phi) is 24.2. The Morgan fingerprint density at radius 1 is 0.538 bits per heavy atom. The van der Waals surface area contributed by atoms with Crippen molar-refractivity contribution in [1.82, 2.24) is 21.3 Å². The van der Waals surface area contributed by atoms with Crippen LogP contribution in [-0.4, -0.2) is 299 Å². The summed E-state index contributed by atoms with van der Waals surface area (Å²) in [5.41, 5.74) is 5.08. The van der Waals surface area contributed by atoms with Crippen LogP contribution in [0.3, 0.4) is 0 Å². The van der Waals surface area contributed by atoms with Gasteiger partial charge in [-0.1, -0.05) is 0 Å². The van der Waals surface area contributed by atoms with E-state index in [1.165, 1.54) is 6.92 Å². The number of aliphatic hydroxyl groups is 15. The predicted molar refractivity (Wildman–Crippen MR) is 248 cm³/mol. The molecule has 0 spiro atoms. The van der Waals surface area contributed by atoms with E-state index in [1.54, 1.807) is 0 Å². The summed E-state index contributed by atoms with van der Waals surface area (Å²) in [6.07, 6.45) is -41.6. The highest BCUT2D eigenvalue weighted by Crippen LogP contribution is 2.35. The lowest BCUT2D eigenvalue weighted by Crippen LogP contribution is -2.70. The first-order valence-corrected chi connectivity index (χ1v) is 24.7. The fraction of sp³-hybridized carbons (Fsp3) is 0.864. The summed E-state index contributed by atoms with van der Waals surface area (Å²) >= 11 is 0. The van der Waals surface area contributed by atoms with Gasteiger partial charge in [0.2, 0.25) is 23.6 Å². The normalized spacial score (nSPS) is 42.4. The molecule has 34 heteroatoms. The molecule has 0 saturated carbocycles. The van der Waals surface area contributed by atoms with Crippen LogP contribution in [0, 0.1) is 0 Å². The molecule has 0 radical (unpaired) electrons. The summed E-state index contributed by atoms with van der Waals surface area (Å²) < 4.78 is 57.6. The first kappa shape index (κ1) is 65.2. The van der Waals surface area contributed by atoms with Crippen LogP contribution in [0.5, 0.6) is 0 Å². The van der Waals surface area contributed by atoms with Gasteiger partial charge in [0.15, 0.2) is 37.7 Å². The summed E-state index contributed by atoms with van der Waals surface area (Å²) in [7, 11) is 0. The van der Waals surface area contributed by atoms with Crippen molar-refractivity contribution >= 4 is 23.6 Å². The molecule has 5 heterocycles. The highest BCUT2D eigenvalue weighted by atomic mass is 16.8. The lowest BCUT2D eigenvalue weighted by atomic mass is 9.93. The molecule has 78 heavy (non-hydrogen) atoms. The minimum Gasteiger partial charge on any atom is -0.507 e. The van der Waals surface area contributed by atoms with Crippen molar-refractivity contribution in [2.45, 2.75) is 207 Å². The molecule has 27 unspecified atom stereocenters. The van der Waals surface area contributed by atoms with E-state index in [9.17, 15) is 95.8 Å². The summed E-state index contributed by atoms with van der Waals surface area (Å²) in [5.74, 6) is -4.56. The van der Waals surface area contributed by atoms with Gasteiger partial charge < -0.3 is 151 Å². The van der Waals surface area contributed by atoms with E-state index >= 15 is 0 Å². The number of nitrogens with two attached hydrogens (primary N) is 1. The average molecular weight is 1140 g/mol. The average Bonchev–Trinajstić information content (AvgIpc) is 3.44. The van der Waals surface area contributed by atoms with Crippen LogP contribution in [0.1, 0.15) is 41.0 Å². The minimum absolute atomic E-state index is 0.645. The fourth-order valence-corrected chi connectivity index (χ4v) is 9.36. The second-order valence-corrected chi connectivity index (χ2v) is 19.2. The largest absolute Gasteiger partial charge is 0.507 e. The third kappa shape index (κ3) is 15.5. The molecule has 5 aliphatic heterocycles. The number of carbonyl (C=O) groups is 4. The lowest BCUT2D eigenvalue weighted by molar-refractivity contribution is -0.354. The van der Waals surface area contributed by atoms with Crippen molar-refractivity contribution < 1.29 is 143 Å². The first-order chi connectivity index (χ1) is 36.7. The van der Waals surface area contributed by atoms with Crippen LogP contribution in [0.2, 0.25) is 0 Å². The third-order valence-corrected chi connectivity index (χ3v) is 13.4. The number of hydrogen-bond acceptors (Lipinski definition) is 30. The van der Waals surface area contributed by atoms with Crippen molar-refractivity contribution in [2.75, 3.05) is 33.0 Å². The zero-order valence-electron chi connectivity index (χ0n) is 42.8. The maximum absolute atomic E-state index is 12.7. The summed E-state index contributed by atoms with van der Waals surface area (Å²) in [6, 6.07) is -6.62. The predicted octanol–water partition coefficient (Wildman–Crippen LogP) is -11.5. The van der Waals surface area contributed by atoms with E-state index in [-0.39, 0.29) is 0 Å². The van der Waals surface area contributed by atoms with Crippen LogP contribution < -0.4 is 27.0 Å². The van der Waals surface area contributed by atoms with Gasteiger partial charge in [-0.05, 0) is 6.92 Å². The van der Waals surface area contributed by atoms with E-state index in [2.05, 4.69) is 21.3 Å². The number of aliphatic hydroxyl groups excluding tert-OH is 15. The summed E-state index contributed by atoms with van der Waals surface area (Å²) in [5, 5.41) is 171. The molecule has 0 bridgehead atoms. The number of rotatable bonds is 22. The molecule has 5 aliphatic rings. The van der Waals surface area contributed by atoms with Crippen LogP contribution in [0.15, 0.2) is 11.5 Å². The first-order valence-electron chi connectivity index (χ1n) is 24.7. The number of amides is 4. The lowest BCUT2D eigenvalue weighted by Gasteiger charge is -2.50. The zero-order chi connectivity index (χ0) is 58.2. The van der Waals surface area contributed by atoms with Crippen molar-refractivity contribution in [3.8, 4) is 0 Å². The van der Waals surface area contributed by atoms with Crippen LogP contribution in [0.4, 0.5) is 0 Å². The molecule has 21 N–H and O–H groups in total. The van der Waals surface area contributed by atoms with Gasteiger partial charge in [0.05, 0.1) is 38.6 Å². The van der Waals surface area contributed by atoms with Gasteiger partial charge in [0.1, 0.15) is 127 Å². The van der Waals surface area contributed by atoms with E-state index in [0.717, 1.165) is 27.7 Å². The van der Waals surface area contributed by atoms with Crippen molar-refractivity contribution in [3.05, 3.63) is 11.5 Å². The Hall–Kier alpha value is -3.58. The molecule has 34 nitrogen and oxygen atoms in total. The van der Waals surface area contributed by atoms with Gasteiger partial charge in [0.25, 0.3) is 0 Å². The molecule has 5 fully saturated rings. The quantitative estimate of drug-likeness (QED) is 0.0353. The maximum Gasteiger partial charge on any atom is 0.221 e. The highest BCUT2D eigenvalue weighted by Gasteiger charge is 2.55. The Morgan fingerprint density at radius 2 is 1.04 bits per heavy atom. The van der Waals surface area contributed by atoms with Crippen LogP contribution in [0.25, 0.3) is 0 Å². The van der Waals surface area contributed by atoms with Gasteiger partial charge in [-0.2, -0.15) is 0 Å². The third-order valence-electron chi connectivity index (χ3n) is 13.4. The standard InChI is InChI=1S/C44H75N5O29/c1-12-27(58)34(65)35(66)44(70-12)69-11-21-38(31(62)24(39(67)71-21)47-14(3)55)76-40(68)23(46-13(2)54)28(59)17(6-7-50)72-42-25(48-15(4)56)32(63)37(20(10-53)74-42)78-43-26(49-16(5)57)33(64)36(19(9-52)75-43)77-41-22(45)30(61)29(60)18(8-51)73-41/h12,17-22,24-27,29-44,50-53,58-68H,6-11,45H2,1-5H3,(H,46,54)(H,47,55)(H,48,56)(H,49,57)/b28-23+. The molecule has 0 aromatic rings. The SMILES string of the molecule is CC(=O)N/C(=C(/O)C(CCO)OC1OC(CO)C(OC2OC(CO)C(OC3OC(CO)C(O)C(O)C3N)C(O)C2NC(C)=O)C(O)C1NC(C)=O)C(O)OC1C(COC2OC(C)C(O)C(O)C2O)OC(O)C(NC(C)=O)C1O. The minimum atomic E-state index is -2.56. The van der Waals surface area contributed by atoms with Crippen molar-refractivity contribution in [1.29, 1.82) is 0 Å². The van der Waals surface area contributed by atoms with Gasteiger partial charge in [0, 0.05) is 40.7 Å². The molecule has 27 atom stereocenters. The number of carbonyl (C=O) groups excluding carboxylic acids is 4. The monoisotopic (exact) mass is 1140 g/mol. The second-order valence-electron chi connectivity index (χ2n) is 19.2. The molecular formula is C44H75N5O29. The molecule has 0 aromatic carbocycles. The van der Waals surface area contributed by atoms with E-state index in [1.807, 2.05) is 0 Å². The molecule has 5 rings (SSSR count). The van der Waals surface area contributed by atoms with E-state index in [0.29, 0.717) is 0 Å². The Bertz CT molecular complexity index is 2000. The van der Waals surface area contributed by atoms with E-state index < -0.39 is 240 Å². The van der Waals surface area contributed by atoms with Gasteiger partial charge in [-0.3, -0.25) is 19.2 Å². The fourth-order valence-electron chi connectivity index (χ4n) is 9.36. The topological polar surface area (TPSA) is 538 Å². The Balaban J connectivity index is 1.42. The molecule has 450 valence electrons. The van der Waals surface area contributed by atoms with Gasteiger partial charge in [-0.25, -0.2) is 0 Å². The van der Waals surface area contributed by atoms with Crippen molar-refractivity contribution in [3.63, 3.8) is 0 Å². The smallest absolute Gasteiger partial charge is 0.221 e. The van der Waals surface area contributed by atoms with Gasteiger partial charge >= 0.3 is 0 Å². The molecule has 0 aromatic heterocycles. The Morgan fingerprint density at radius 3 is 1.56 bits per heavy atom. The maximum atomic E-state index is 12.7. The summed E-state index contributed by atoms with van der Waals surface area (Å²) in [6.45, 7) is 0.928. The molecule has 5 saturated heterocycles. The van der Waals surface area contributed by atoms with Crippen molar-refractivity contribution in [2.24, 2.45) is 5.73 Å². The highest BCUT2D eigenvalue weighted by molar-refractivity contribution is 5.75. The number of nitrogens with one attached hydrogen (secondary N) is 4. The van der Waals surface area contributed by atoms with Crippen LogP contribution >= 0.6 is 0 Å². The summed E-state index contributed by atoms with van der Waals surface area (Å²) in [4.78, 5) is 50.0. The van der Waals surface area contributed by atoms with Gasteiger partial charge in [-0.15, -0.1) is 0 Å². The Labute approximate surface area is 444 Å². The molecule has 4 amide bonds. The number of ether oxygens (including phenoxy) is 10. The second kappa shape index (κ2) is 28.9. The zero-order valence-corrected chi connectivity index (χ0v) is 42.8. The molecule has 0 aliphatic carbocycles.